The van der Waals surface area contributed by atoms with E-state index >= 15 is 0 Å². The Bertz CT molecular complexity index is 1170. The molecule has 6 heteroatoms. The van der Waals surface area contributed by atoms with Gasteiger partial charge in [0.25, 0.3) is 0 Å². The summed E-state index contributed by atoms with van der Waals surface area (Å²) in [4.78, 5) is 38.3. The van der Waals surface area contributed by atoms with Gasteiger partial charge in [-0.2, -0.15) is 0 Å². The zero-order chi connectivity index (χ0) is 56.4. The van der Waals surface area contributed by atoms with Crippen molar-refractivity contribution in [3.05, 3.63) is 0 Å². The van der Waals surface area contributed by atoms with E-state index in [0.717, 1.165) is 57.8 Å². The maximum atomic E-state index is 12.9. The van der Waals surface area contributed by atoms with Crippen LogP contribution < -0.4 is 0 Å². The maximum Gasteiger partial charge on any atom is 0.306 e. The molecular weight excluding hydrogens is 961 g/mol. The molecular formula is C72H140O6. The SMILES string of the molecule is CCCCCCCCCCCCCCCCCCCCCCCCCCCCCCC(=O)OCC(COC(=O)CCCCCCCCCCCC)OC(=O)CCCCCCCCCCCCCCCCCCCCCCCC. The maximum absolute atomic E-state index is 12.9. The number of hydrogen-bond acceptors (Lipinski definition) is 6. The molecule has 0 heterocycles. The third-order valence-corrected chi connectivity index (χ3v) is 16.9. The molecule has 0 aliphatic carbocycles. The molecule has 0 saturated heterocycles. The second kappa shape index (κ2) is 67.9. The zero-order valence-electron chi connectivity index (χ0n) is 53.5. The van der Waals surface area contributed by atoms with Crippen LogP contribution in [0.4, 0.5) is 0 Å². The standard InChI is InChI=1S/C72H140O6/c1-4-7-10-13-16-19-22-24-26-28-30-32-34-35-36-37-38-39-41-42-44-46-48-50-53-56-59-62-65-71(74)77-68-69(67-76-70(73)64-61-58-55-52-21-18-15-12-9-6-3)78-72(75)66-63-60-57-54-51-49-47-45-43-40-33-31-29-27-25-23-20-17-14-11-8-5-2/h69H,4-68H2,1-3H3. The van der Waals surface area contributed by atoms with Gasteiger partial charge in [-0.1, -0.05) is 387 Å². The lowest BCUT2D eigenvalue weighted by atomic mass is 10.0. The van der Waals surface area contributed by atoms with Crippen molar-refractivity contribution in [1.82, 2.24) is 0 Å². The average molecular weight is 1100 g/mol. The molecule has 0 aromatic heterocycles. The molecule has 0 spiro atoms. The minimum Gasteiger partial charge on any atom is -0.462 e. The van der Waals surface area contributed by atoms with Crippen LogP contribution in [-0.2, 0) is 28.6 Å². The third-order valence-electron chi connectivity index (χ3n) is 16.9. The molecule has 0 bridgehead atoms. The second-order valence-corrected chi connectivity index (χ2v) is 24.9. The Morgan fingerprint density at radius 3 is 0.513 bits per heavy atom. The van der Waals surface area contributed by atoms with Crippen LogP contribution in [0.2, 0.25) is 0 Å². The topological polar surface area (TPSA) is 78.9 Å². The fourth-order valence-electron chi connectivity index (χ4n) is 11.5. The summed E-state index contributed by atoms with van der Waals surface area (Å²) in [6.07, 6.45) is 80.1. The van der Waals surface area contributed by atoms with Gasteiger partial charge in [-0.3, -0.25) is 14.4 Å². The summed E-state index contributed by atoms with van der Waals surface area (Å²) in [5, 5.41) is 0. The Morgan fingerprint density at radius 2 is 0.346 bits per heavy atom. The lowest BCUT2D eigenvalue weighted by Crippen LogP contribution is -2.30. The fraction of sp³-hybridized carbons (Fsp3) is 0.958. The van der Waals surface area contributed by atoms with Crippen LogP contribution in [0, 0.1) is 0 Å². The first kappa shape index (κ1) is 76.4. The smallest absolute Gasteiger partial charge is 0.306 e. The molecule has 0 aromatic rings. The van der Waals surface area contributed by atoms with E-state index in [-0.39, 0.29) is 31.1 Å². The molecule has 6 nitrogen and oxygen atoms in total. The van der Waals surface area contributed by atoms with Crippen LogP contribution in [0.1, 0.15) is 425 Å². The molecule has 0 N–H and O–H groups in total. The molecule has 1 unspecified atom stereocenters. The first-order valence-electron chi connectivity index (χ1n) is 36.0. The summed E-state index contributed by atoms with van der Waals surface area (Å²) < 4.78 is 17.0. The monoisotopic (exact) mass is 1100 g/mol. The number of rotatable bonds is 68. The van der Waals surface area contributed by atoms with Crippen LogP contribution in [0.25, 0.3) is 0 Å². The van der Waals surface area contributed by atoms with Crippen LogP contribution in [0.15, 0.2) is 0 Å². The van der Waals surface area contributed by atoms with Crippen molar-refractivity contribution in [3.8, 4) is 0 Å². The highest BCUT2D eigenvalue weighted by Gasteiger charge is 2.20. The minimum absolute atomic E-state index is 0.0605. The Kier molecular flexibility index (Phi) is 66.5. The number of hydrogen-bond donors (Lipinski definition) is 0. The molecule has 0 radical (unpaired) electrons. The number of ether oxygens (including phenoxy) is 3. The number of unbranched alkanes of at least 4 members (excludes halogenated alkanes) is 57. The van der Waals surface area contributed by atoms with Crippen molar-refractivity contribution in [2.75, 3.05) is 13.2 Å². The Morgan fingerprint density at radius 1 is 0.205 bits per heavy atom. The van der Waals surface area contributed by atoms with Crippen molar-refractivity contribution in [2.24, 2.45) is 0 Å². The first-order chi connectivity index (χ1) is 38.5. The van der Waals surface area contributed by atoms with E-state index in [1.54, 1.807) is 0 Å². The number of carbonyl (C=O) groups is 3. The van der Waals surface area contributed by atoms with E-state index in [4.69, 9.17) is 14.2 Å². The van der Waals surface area contributed by atoms with Gasteiger partial charge >= 0.3 is 17.9 Å². The van der Waals surface area contributed by atoms with Crippen molar-refractivity contribution in [3.63, 3.8) is 0 Å². The summed E-state index contributed by atoms with van der Waals surface area (Å²) in [7, 11) is 0. The lowest BCUT2D eigenvalue weighted by Gasteiger charge is -2.18. The molecule has 0 aromatic carbocycles. The van der Waals surface area contributed by atoms with Gasteiger partial charge in [0.1, 0.15) is 13.2 Å². The zero-order valence-corrected chi connectivity index (χ0v) is 53.5. The van der Waals surface area contributed by atoms with Gasteiger partial charge < -0.3 is 14.2 Å². The normalized spacial score (nSPS) is 11.9. The summed E-state index contributed by atoms with van der Waals surface area (Å²) in [6, 6.07) is 0. The van der Waals surface area contributed by atoms with E-state index in [1.165, 1.54) is 327 Å². The molecule has 0 aliphatic heterocycles. The molecule has 0 amide bonds. The van der Waals surface area contributed by atoms with Crippen LogP contribution in [0.5, 0.6) is 0 Å². The van der Waals surface area contributed by atoms with E-state index in [9.17, 15) is 14.4 Å². The number of carbonyl (C=O) groups excluding carboxylic acids is 3. The number of esters is 3. The van der Waals surface area contributed by atoms with Gasteiger partial charge in [-0.05, 0) is 19.3 Å². The Hall–Kier alpha value is -1.59. The molecule has 0 saturated carbocycles. The Balaban J connectivity index is 4.08. The highest BCUT2D eigenvalue weighted by molar-refractivity contribution is 5.71. The van der Waals surface area contributed by atoms with Gasteiger partial charge in [0.05, 0.1) is 0 Å². The lowest BCUT2D eigenvalue weighted by molar-refractivity contribution is -0.167. The summed E-state index contributed by atoms with van der Waals surface area (Å²) in [5.41, 5.74) is 0. The molecule has 0 fully saturated rings. The van der Waals surface area contributed by atoms with E-state index in [1.807, 2.05) is 0 Å². The fourth-order valence-corrected chi connectivity index (χ4v) is 11.5. The molecule has 0 rings (SSSR count). The third kappa shape index (κ3) is 65.2. The summed E-state index contributed by atoms with van der Waals surface area (Å²) in [6.45, 7) is 6.73. The summed E-state index contributed by atoms with van der Waals surface area (Å²) in [5.74, 6) is -0.824. The summed E-state index contributed by atoms with van der Waals surface area (Å²) >= 11 is 0. The first-order valence-corrected chi connectivity index (χ1v) is 36.0. The molecule has 0 aliphatic rings. The van der Waals surface area contributed by atoms with Gasteiger partial charge in [0.15, 0.2) is 6.10 Å². The van der Waals surface area contributed by atoms with Crippen molar-refractivity contribution in [2.45, 2.75) is 431 Å². The van der Waals surface area contributed by atoms with Crippen molar-refractivity contribution in [1.29, 1.82) is 0 Å². The predicted molar refractivity (Wildman–Crippen MR) is 340 cm³/mol. The minimum atomic E-state index is -0.763. The van der Waals surface area contributed by atoms with Crippen LogP contribution in [0.3, 0.4) is 0 Å². The van der Waals surface area contributed by atoms with E-state index < -0.39 is 6.10 Å². The van der Waals surface area contributed by atoms with Crippen LogP contribution in [-0.4, -0.2) is 37.2 Å². The van der Waals surface area contributed by atoms with Gasteiger partial charge in [0.2, 0.25) is 0 Å². The van der Waals surface area contributed by atoms with Crippen LogP contribution >= 0.6 is 0 Å². The average Bonchev–Trinajstić information content (AvgIpc) is 3.44. The molecule has 1 atom stereocenters. The van der Waals surface area contributed by atoms with Crippen molar-refractivity contribution >= 4 is 17.9 Å². The Labute approximate surface area is 488 Å². The highest BCUT2D eigenvalue weighted by atomic mass is 16.6. The molecule has 464 valence electrons. The largest absolute Gasteiger partial charge is 0.462 e. The van der Waals surface area contributed by atoms with Gasteiger partial charge in [0, 0.05) is 19.3 Å². The van der Waals surface area contributed by atoms with Gasteiger partial charge in [-0.25, -0.2) is 0 Å². The van der Waals surface area contributed by atoms with E-state index in [2.05, 4.69) is 20.8 Å². The van der Waals surface area contributed by atoms with Gasteiger partial charge in [-0.15, -0.1) is 0 Å². The van der Waals surface area contributed by atoms with Crippen molar-refractivity contribution < 1.29 is 28.6 Å². The molecule has 78 heavy (non-hydrogen) atoms. The quantitative estimate of drug-likeness (QED) is 0.0343. The highest BCUT2D eigenvalue weighted by Crippen LogP contribution is 2.20. The second-order valence-electron chi connectivity index (χ2n) is 24.9. The predicted octanol–water partition coefficient (Wildman–Crippen LogP) is 24.6. The van der Waals surface area contributed by atoms with E-state index in [0.29, 0.717) is 19.3 Å².